The summed E-state index contributed by atoms with van der Waals surface area (Å²) < 4.78 is 0. The number of nitrogens with zero attached hydrogens (tertiary/aromatic N) is 3. The van der Waals surface area contributed by atoms with E-state index in [1.165, 1.54) is 0 Å². The highest BCUT2D eigenvalue weighted by Crippen LogP contribution is 2.17. The van der Waals surface area contributed by atoms with Crippen LogP contribution < -0.4 is 10.4 Å². The van der Waals surface area contributed by atoms with E-state index in [-0.39, 0.29) is 0 Å². The molecule has 0 fully saturated rings. The van der Waals surface area contributed by atoms with E-state index in [1.54, 1.807) is 6.33 Å². The van der Waals surface area contributed by atoms with Crippen LogP contribution in [0, 0.1) is 0 Å². The van der Waals surface area contributed by atoms with Crippen molar-refractivity contribution in [2.45, 2.75) is 6.54 Å². The van der Waals surface area contributed by atoms with Crippen LogP contribution in [-0.4, -0.2) is 17.0 Å². The van der Waals surface area contributed by atoms with Gasteiger partial charge >= 0.3 is 0 Å². The van der Waals surface area contributed by atoms with E-state index in [4.69, 9.17) is 0 Å². The van der Waals surface area contributed by atoms with Gasteiger partial charge in [-0.3, -0.25) is 5.01 Å². The fraction of sp³-hybridized carbons (Fsp3) is 0.333. The van der Waals surface area contributed by atoms with Crippen molar-refractivity contribution < 1.29 is 0 Å². The van der Waals surface area contributed by atoms with Crippen molar-refractivity contribution in [1.82, 2.24) is 15.4 Å². The summed E-state index contributed by atoms with van der Waals surface area (Å²) in [6, 6.07) is 0. The molecule has 10 heavy (non-hydrogen) atoms. The summed E-state index contributed by atoms with van der Waals surface area (Å²) in [6.07, 6.45) is 3.39. The smallest absolute Gasteiger partial charge is 0.150 e. The first kappa shape index (κ1) is 5.61. The minimum absolute atomic E-state index is 0.840. The van der Waals surface area contributed by atoms with E-state index in [1.807, 2.05) is 18.3 Å². The van der Waals surface area contributed by atoms with E-state index in [2.05, 4.69) is 15.4 Å². The molecule has 0 saturated heterocycles. The molecule has 4 nitrogen and oxygen atoms in total. The molecule has 2 rings (SSSR count). The van der Waals surface area contributed by atoms with Gasteiger partial charge in [0.15, 0.2) is 0 Å². The molecule has 0 unspecified atom stereocenters. The van der Waals surface area contributed by atoms with Gasteiger partial charge < -0.3 is 0 Å². The molecule has 0 bridgehead atoms. The Labute approximate surface area is 58.9 Å². The summed E-state index contributed by atoms with van der Waals surface area (Å²) in [6.45, 7) is 0.840. The van der Waals surface area contributed by atoms with Gasteiger partial charge in [0.25, 0.3) is 0 Å². The first-order valence-corrected chi connectivity index (χ1v) is 3.14. The van der Waals surface area contributed by atoms with Crippen molar-refractivity contribution in [2.24, 2.45) is 0 Å². The number of rotatable bonds is 0. The Bertz CT molecular complexity index is 247. The minimum Gasteiger partial charge on any atom is -0.295 e. The summed E-state index contributed by atoms with van der Waals surface area (Å²) in [5.74, 6) is 0.981. The summed E-state index contributed by atoms with van der Waals surface area (Å²) in [4.78, 5) is 8.01. The molecule has 0 radical (unpaired) electrons. The molecule has 0 spiro atoms. The maximum absolute atomic E-state index is 4.09. The third-order valence-corrected chi connectivity index (χ3v) is 1.59. The lowest BCUT2D eigenvalue weighted by molar-refractivity contribution is 0.730. The Balaban J connectivity index is 2.51. The van der Waals surface area contributed by atoms with Gasteiger partial charge in [-0.15, -0.1) is 0 Å². The average Bonchev–Trinajstić information content (AvgIpc) is 2.34. The second-order valence-corrected chi connectivity index (χ2v) is 2.27. The maximum atomic E-state index is 4.09. The van der Waals surface area contributed by atoms with Crippen molar-refractivity contribution in [3.8, 4) is 0 Å². The number of nitrogens with one attached hydrogen (secondary N) is 1. The lowest BCUT2D eigenvalue weighted by Crippen LogP contribution is -2.27. The van der Waals surface area contributed by atoms with Crippen LogP contribution in [0.25, 0.3) is 0 Å². The molecule has 1 N–H and O–H groups in total. The zero-order valence-corrected chi connectivity index (χ0v) is 5.70. The Morgan fingerprint density at radius 3 is 3.40 bits per heavy atom. The van der Waals surface area contributed by atoms with Crippen LogP contribution in [0.3, 0.4) is 0 Å². The molecule has 0 saturated carbocycles. The topological polar surface area (TPSA) is 41.0 Å². The minimum atomic E-state index is 0.840. The largest absolute Gasteiger partial charge is 0.295 e. The van der Waals surface area contributed by atoms with Gasteiger partial charge in [0.1, 0.15) is 12.1 Å². The lowest BCUT2D eigenvalue weighted by Gasteiger charge is -2.08. The predicted octanol–water partition coefficient (Wildman–Crippen LogP) is -0.0690. The number of aromatic nitrogens is 2. The molecule has 1 aromatic heterocycles. The molecule has 2 heterocycles. The molecule has 0 aliphatic carbocycles. The first-order chi connectivity index (χ1) is 4.88. The van der Waals surface area contributed by atoms with E-state index in [9.17, 15) is 0 Å². The van der Waals surface area contributed by atoms with Crippen molar-refractivity contribution in [3.05, 3.63) is 18.1 Å². The summed E-state index contributed by atoms with van der Waals surface area (Å²) >= 11 is 0. The van der Waals surface area contributed by atoms with E-state index in [0.29, 0.717) is 0 Å². The Kier molecular flexibility index (Phi) is 1.07. The van der Waals surface area contributed by atoms with Crippen LogP contribution >= 0.6 is 0 Å². The highest BCUT2D eigenvalue weighted by atomic mass is 15.5. The van der Waals surface area contributed by atoms with E-state index >= 15 is 0 Å². The zero-order valence-electron chi connectivity index (χ0n) is 5.70. The van der Waals surface area contributed by atoms with Gasteiger partial charge in [-0.1, -0.05) is 0 Å². The van der Waals surface area contributed by atoms with Crippen LogP contribution in [0.15, 0.2) is 12.5 Å². The summed E-state index contributed by atoms with van der Waals surface area (Å²) in [7, 11) is 1.94. The van der Waals surface area contributed by atoms with Crippen molar-refractivity contribution in [1.29, 1.82) is 0 Å². The van der Waals surface area contributed by atoms with E-state index < -0.39 is 0 Å². The molecule has 4 heteroatoms. The first-order valence-electron chi connectivity index (χ1n) is 3.14. The fourth-order valence-electron chi connectivity index (χ4n) is 1.06. The summed E-state index contributed by atoms with van der Waals surface area (Å²) in [5, 5.41) is 1.90. The molecule has 52 valence electrons. The van der Waals surface area contributed by atoms with E-state index in [0.717, 1.165) is 17.9 Å². The van der Waals surface area contributed by atoms with Gasteiger partial charge in [-0.25, -0.2) is 15.4 Å². The van der Waals surface area contributed by atoms with Crippen molar-refractivity contribution in [2.75, 3.05) is 12.1 Å². The highest BCUT2D eigenvalue weighted by Gasteiger charge is 2.14. The Morgan fingerprint density at radius 1 is 1.70 bits per heavy atom. The molecule has 1 aliphatic rings. The second-order valence-electron chi connectivity index (χ2n) is 2.27. The van der Waals surface area contributed by atoms with Crippen LogP contribution in [-0.2, 0) is 6.54 Å². The number of hydrogen-bond acceptors (Lipinski definition) is 4. The molecule has 1 aromatic rings. The normalized spacial score (nSPS) is 15.5. The number of hydrazine groups is 1. The second kappa shape index (κ2) is 1.91. The SMILES string of the molecule is CN1NCc2cncnc21. The van der Waals surface area contributed by atoms with Crippen LogP contribution in [0.2, 0.25) is 0 Å². The lowest BCUT2D eigenvalue weighted by atomic mass is 10.3. The monoisotopic (exact) mass is 136 g/mol. The van der Waals surface area contributed by atoms with Crippen LogP contribution in [0.5, 0.6) is 0 Å². The summed E-state index contributed by atoms with van der Waals surface area (Å²) in [5.41, 5.74) is 4.27. The molecular weight excluding hydrogens is 128 g/mol. The van der Waals surface area contributed by atoms with Crippen LogP contribution in [0.4, 0.5) is 5.82 Å². The number of fused-ring (bicyclic) bond motifs is 1. The maximum Gasteiger partial charge on any atom is 0.150 e. The molecule has 0 atom stereocenters. The number of hydrogen-bond donors (Lipinski definition) is 1. The van der Waals surface area contributed by atoms with Gasteiger partial charge in [0.05, 0.1) is 0 Å². The molecular formula is C6H8N4. The van der Waals surface area contributed by atoms with Gasteiger partial charge in [0, 0.05) is 25.4 Å². The standard InChI is InChI=1S/C6H8N4/c1-10-6-5(3-9-10)2-7-4-8-6/h2,4,9H,3H2,1H3. The Hall–Kier alpha value is -1.16. The third kappa shape index (κ3) is 0.657. The highest BCUT2D eigenvalue weighted by molar-refractivity contribution is 5.46. The fourth-order valence-corrected chi connectivity index (χ4v) is 1.06. The van der Waals surface area contributed by atoms with Crippen molar-refractivity contribution >= 4 is 5.82 Å². The quantitative estimate of drug-likeness (QED) is 0.542. The molecule has 0 amide bonds. The average molecular weight is 136 g/mol. The van der Waals surface area contributed by atoms with Gasteiger partial charge in [-0.2, -0.15) is 0 Å². The molecule has 1 aliphatic heterocycles. The van der Waals surface area contributed by atoms with Crippen LogP contribution in [0.1, 0.15) is 5.56 Å². The Morgan fingerprint density at radius 2 is 2.60 bits per heavy atom. The van der Waals surface area contributed by atoms with Crippen molar-refractivity contribution in [3.63, 3.8) is 0 Å². The zero-order chi connectivity index (χ0) is 6.97. The molecule has 0 aromatic carbocycles. The van der Waals surface area contributed by atoms with Gasteiger partial charge in [0.2, 0.25) is 0 Å². The number of anilines is 1. The predicted molar refractivity (Wildman–Crippen MR) is 37.3 cm³/mol. The van der Waals surface area contributed by atoms with Gasteiger partial charge in [-0.05, 0) is 0 Å². The third-order valence-electron chi connectivity index (χ3n) is 1.59.